The second kappa shape index (κ2) is 4.66. The van der Waals surface area contributed by atoms with Gasteiger partial charge in [-0.3, -0.25) is 4.68 Å². The van der Waals surface area contributed by atoms with Crippen LogP contribution in [0.4, 0.5) is 0 Å². The lowest BCUT2D eigenvalue weighted by molar-refractivity contribution is 0.171. The Hall–Kier alpha value is -2.08. The van der Waals surface area contributed by atoms with Crippen LogP contribution in [-0.2, 0) is 6.54 Å². The van der Waals surface area contributed by atoms with Crippen molar-refractivity contribution < 1.29 is 9.47 Å². The molecule has 6 nitrogen and oxygen atoms in total. The van der Waals surface area contributed by atoms with Gasteiger partial charge in [-0.15, -0.1) is 0 Å². The van der Waals surface area contributed by atoms with Crippen molar-refractivity contribution in [2.75, 3.05) is 13.2 Å². The standard InChI is InChI=1S/C12H14N4O2/c13-10(6-16-8-14-7-15-16)9-1-2-11-12(5-9)18-4-3-17-11/h1-2,5,7-8,10H,3-4,6,13H2. The van der Waals surface area contributed by atoms with Gasteiger partial charge in [0.2, 0.25) is 0 Å². The van der Waals surface area contributed by atoms with Crippen LogP contribution in [0.25, 0.3) is 0 Å². The van der Waals surface area contributed by atoms with Crippen molar-refractivity contribution in [3.63, 3.8) is 0 Å². The zero-order valence-electron chi connectivity index (χ0n) is 9.82. The number of fused-ring (bicyclic) bond motifs is 1. The van der Waals surface area contributed by atoms with Crippen LogP contribution in [0, 0.1) is 0 Å². The van der Waals surface area contributed by atoms with E-state index in [2.05, 4.69) is 10.1 Å². The first-order valence-electron chi connectivity index (χ1n) is 5.80. The molecule has 1 atom stereocenters. The van der Waals surface area contributed by atoms with Gasteiger partial charge in [0.1, 0.15) is 25.9 Å². The summed E-state index contributed by atoms with van der Waals surface area (Å²) in [7, 11) is 0. The predicted molar refractivity (Wildman–Crippen MR) is 64.4 cm³/mol. The summed E-state index contributed by atoms with van der Waals surface area (Å²) in [5, 5.41) is 4.04. The molecule has 94 valence electrons. The lowest BCUT2D eigenvalue weighted by Crippen LogP contribution is -2.19. The molecule has 0 amide bonds. The summed E-state index contributed by atoms with van der Waals surface area (Å²) in [6.07, 6.45) is 3.15. The third kappa shape index (κ3) is 2.14. The van der Waals surface area contributed by atoms with E-state index in [1.807, 2.05) is 18.2 Å². The largest absolute Gasteiger partial charge is 0.486 e. The fourth-order valence-corrected chi connectivity index (χ4v) is 1.92. The quantitative estimate of drug-likeness (QED) is 0.865. The van der Waals surface area contributed by atoms with Crippen LogP contribution in [0.3, 0.4) is 0 Å². The molecular formula is C12H14N4O2. The lowest BCUT2D eigenvalue weighted by atomic mass is 10.1. The van der Waals surface area contributed by atoms with E-state index < -0.39 is 0 Å². The van der Waals surface area contributed by atoms with E-state index in [-0.39, 0.29) is 6.04 Å². The summed E-state index contributed by atoms with van der Waals surface area (Å²) in [5.74, 6) is 1.53. The summed E-state index contributed by atoms with van der Waals surface area (Å²) in [5.41, 5.74) is 7.13. The SMILES string of the molecule is NC(Cn1cncn1)c1ccc2c(c1)OCCO2. The van der Waals surface area contributed by atoms with Crippen molar-refractivity contribution in [2.24, 2.45) is 5.73 Å². The molecule has 6 heteroatoms. The molecule has 2 N–H and O–H groups in total. The Balaban J connectivity index is 1.79. The molecule has 0 spiro atoms. The Morgan fingerprint density at radius 2 is 2.11 bits per heavy atom. The van der Waals surface area contributed by atoms with Crippen LogP contribution >= 0.6 is 0 Å². The molecule has 0 saturated carbocycles. The fraction of sp³-hybridized carbons (Fsp3) is 0.333. The molecule has 0 aliphatic carbocycles. The molecule has 0 saturated heterocycles. The summed E-state index contributed by atoms with van der Waals surface area (Å²) < 4.78 is 12.7. The average Bonchev–Trinajstić information content (AvgIpc) is 2.91. The molecule has 1 unspecified atom stereocenters. The maximum Gasteiger partial charge on any atom is 0.161 e. The highest BCUT2D eigenvalue weighted by atomic mass is 16.6. The molecule has 1 aromatic heterocycles. The van der Waals surface area contributed by atoms with Gasteiger partial charge in [-0.1, -0.05) is 6.07 Å². The second-order valence-corrected chi connectivity index (χ2v) is 4.13. The Morgan fingerprint density at radius 3 is 2.89 bits per heavy atom. The van der Waals surface area contributed by atoms with Crippen molar-refractivity contribution in [1.29, 1.82) is 0 Å². The minimum Gasteiger partial charge on any atom is -0.486 e. The zero-order chi connectivity index (χ0) is 12.4. The highest BCUT2D eigenvalue weighted by Gasteiger charge is 2.15. The maximum atomic E-state index is 6.13. The van der Waals surface area contributed by atoms with Crippen LogP contribution < -0.4 is 15.2 Å². The number of ether oxygens (including phenoxy) is 2. The third-order valence-electron chi connectivity index (χ3n) is 2.84. The van der Waals surface area contributed by atoms with Crippen LogP contribution in [0.2, 0.25) is 0 Å². The molecule has 1 aliphatic heterocycles. The van der Waals surface area contributed by atoms with Crippen molar-refractivity contribution >= 4 is 0 Å². The smallest absolute Gasteiger partial charge is 0.161 e. The molecule has 0 bridgehead atoms. The predicted octanol–water partition coefficient (Wildman–Crippen LogP) is 0.749. The van der Waals surface area contributed by atoms with Crippen LogP contribution in [-0.4, -0.2) is 28.0 Å². The Bertz CT molecular complexity index is 527. The van der Waals surface area contributed by atoms with E-state index >= 15 is 0 Å². The van der Waals surface area contributed by atoms with Gasteiger partial charge in [0.05, 0.1) is 6.54 Å². The Morgan fingerprint density at radius 1 is 1.28 bits per heavy atom. The summed E-state index contributed by atoms with van der Waals surface area (Å²) >= 11 is 0. The van der Waals surface area contributed by atoms with Gasteiger partial charge in [-0.25, -0.2) is 4.98 Å². The summed E-state index contributed by atoms with van der Waals surface area (Å²) in [4.78, 5) is 3.89. The normalized spacial score (nSPS) is 15.4. The first-order valence-corrected chi connectivity index (χ1v) is 5.80. The first-order chi connectivity index (χ1) is 8.83. The molecule has 2 aromatic rings. The van der Waals surface area contributed by atoms with E-state index in [4.69, 9.17) is 15.2 Å². The summed E-state index contributed by atoms with van der Waals surface area (Å²) in [6.45, 7) is 1.76. The zero-order valence-corrected chi connectivity index (χ0v) is 9.82. The van der Waals surface area contributed by atoms with Crippen LogP contribution in [0.5, 0.6) is 11.5 Å². The van der Waals surface area contributed by atoms with Gasteiger partial charge < -0.3 is 15.2 Å². The van der Waals surface area contributed by atoms with Gasteiger partial charge in [-0.2, -0.15) is 5.10 Å². The van der Waals surface area contributed by atoms with E-state index in [0.29, 0.717) is 19.8 Å². The molecule has 2 heterocycles. The van der Waals surface area contributed by atoms with E-state index in [1.54, 1.807) is 11.0 Å². The number of rotatable bonds is 3. The van der Waals surface area contributed by atoms with E-state index in [0.717, 1.165) is 17.1 Å². The van der Waals surface area contributed by atoms with E-state index in [1.165, 1.54) is 6.33 Å². The van der Waals surface area contributed by atoms with Gasteiger partial charge >= 0.3 is 0 Å². The first kappa shape index (κ1) is 11.0. The molecule has 3 rings (SSSR count). The van der Waals surface area contributed by atoms with Crippen molar-refractivity contribution in [1.82, 2.24) is 14.8 Å². The number of aromatic nitrogens is 3. The lowest BCUT2D eigenvalue weighted by Gasteiger charge is -2.20. The number of hydrogen-bond donors (Lipinski definition) is 1. The number of nitrogens with zero attached hydrogens (tertiary/aromatic N) is 3. The average molecular weight is 246 g/mol. The fourth-order valence-electron chi connectivity index (χ4n) is 1.92. The molecule has 0 fully saturated rings. The minimum absolute atomic E-state index is 0.150. The molecule has 18 heavy (non-hydrogen) atoms. The molecule has 1 aliphatic rings. The van der Waals surface area contributed by atoms with Crippen LogP contribution in [0.15, 0.2) is 30.9 Å². The highest BCUT2D eigenvalue weighted by molar-refractivity contribution is 5.44. The third-order valence-corrected chi connectivity index (χ3v) is 2.84. The topological polar surface area (TPSA) is 75.2 Å². The minimum atomic E-state index is -0.150. The Labute approximate surface area is 104 Å². The number of benzene rings is 1. The van der Waals surface area contributed by atoms with Gasteiger partial charge in [0, 0.05) is 6.04 Å². The monoisotopic (exact) mass is 246 g/mol. The van der Waals surface area contributed by atoms with Crippen molar-refractivity contribution in [2.45, 2.75) is 12.6 Å². The number of hydrogen-bond acceptors (Lipinski definition) is 5. The Kier molecular flexibility index (Phi) is 2.85. The second-order valence-electron chi connectivity index (χ2n) is 4.13. The molecule has 1 aromatic carbocycles. The van der Waals surface area contributed by atoms with Gasteiger partial charge in [0.15, 0.2) is 11.5 Å². The maximum absolute atomic E-state index is 6.13. The number of nitrogens with two attached hydrogens (primary N) is 1. The highest BCUT2D eigenvalue weighted by Crippen LogP contribution is 2.32. The van der Waals surface area contributed by atoms with Crippen molar-refractivity contribution in [3.05, 3.63) is 36.4 Å². The van der Waals surface area contributed by atoms with Crippen molar-refractivity contribution in [3.8, 4) is 11.5 Å². The molecule has 0 radical (unpaired) electrons. The van der Waals surface area contributed by atoms with Gasteiger partial charge in [-0.05, 0) is 17.7 Å². The van der Waals surface area contributed by atoms with E-state index in [9.17, 15) is 0 Å². The molecular weight excluding hydrogens is 232 g/mol. The summed E-state index contributed by atoms with van der Waals surface area (Å²) in [6, 6.07) is 5.62. The van der Waals surface area contributed by atoms with Gasteiger partial charge in [0.25, 0.3) is 0 Å². The van der Waals surface area contributed by atoms with Crippen LogP contribution in [0.1, 0.15) is 11.6 Å².